The summed E-state index contributed by atoms with van der Waals surface area (Å²) >= 11 is 0. The van der Waals surface area contributed by atoms with Gasteiger partial charge < -0.3 is 19.9 Å². The lowest BCUT2D eigenvalue weighted by Gasteiger charge is -2.26. The molecule has 18 heavy (non-hydrogen) atoms. The van der Waals surface area contributed by atoms with E-state index >= 15 is 0 Å². The number of likely N-dealkylation sites (N-methyl/N-ethyl adjacent to an activating group) is 1. The number of nitrogens with one attached hydrogen (secondary N) is 1. The van der Waals surface area contributed by atoms with E-state index in [2.05, 4.69) is 39.2 Å². The predicted molar refractivity (Wildman–Crippen MR) is 72.1 cm³/mol. The van der Waals surface area contributed by atoms with Crippen molar-refractivity contribution in [3.05, 3.63) is 12.3 Å². The molecule has 0 amide bonds. The maximum absolute atomic E-state index is 5.32. The van der Waals surface area contributed by atoms with E-state index in [9.17, 15) is 0 Å². The highest BCUT2D eigenvalue weighted by atomic mass is 16.5. The highest BCUT2D eigenvalue weighted by molar-refractivity contribution is 5.41. The fraction of sp³-hybridized carbons (Fsp3) is 0.667. The first kappa shape index (κ1) is 13.0. The molecule has 0 spiro atoms. The van der Waals surface area contributed by atoms with Crippen LogP contribution in [0.5, 0.6) is 0 Å². The van der Waals surface area contributed by atoms with E-state index in [0.29, 0.717) is 0 Å². The Morgan fingerprint density at radius 2 is 2.17 bits per heavy atom. The summed E-state index contributed by atoms with van der Waals surface area (Å²) in [5.74, 6) is 1.67. The van der Waals surface area contributed by atoms with Crippen LogP contribution in [0.25, 0.3) is 0 Å². The highest BCUT2D eigenvalue weighted by Crippen LogP contribution is 2.12. The molecule has 1 aromatic rings. The minimum absolute atomic E-state index is 0.752. The number of anilines is 2. The molecule has 0 saturated carbocycles. The van der Waals surface area contributed by atoms with Crippen molar-refractivity contribution >= 4 is 11.8 Å². The molecule has 0 aromatic carbocycles. The van der Waals surface area contributed by atoms with Gasteiger partial charge in [-0.1, -0.05) is 0 Å². The second-order valence-corrected chi connectivity index (χ2v) is 4.57. The van der Waals surface area contributed by atoms with Gasteiger partial charge in [0.25, 0.3) is 0 Å². The summed E-state index contributed by atoms with van der Waals surface area (Å²) < 4.78 is 5.32. The van der Waals surface area contributed by atoms with E-state index in [4.69, 9.17) is 4.74 Å². The third-order valence-electron chi connectivity index (χ3n) is 2.80. The molecule has 100 valence electrons. The molecule has 0 aliphatic carbocycles. The van der Waals surface area contributed by atoms with Crippen molar-refractivity contribution in [2.45, 2.75) is 0 Å². The summed E-state index contributed by atoms with van der Waals surface area (Å²) in [5, 5.41) is 3.30. The Bertz CT molecular complexity index is 365. The zero-order valence-electron chi connectivity index (χ0n) is 11.1. The van der Waals surface area contributed by atoms with Gasteiger partial charge in [-0.3, -0.25) is 0 Å². The maximum Gasteiger partial charge on any atom is 0.227 e. The van der Waals surface area contributed by atoms with Gasteiger partial charge >= 0.3 is 0 Å². The molecule has 6 nitrogen and oxygen atoms in total. The summed E-state index contributed by atoms with van der Waals surface area (Å²) in [6, 6.07) is 1.90. The first-order chi connectivity index (χ1) is 8.75. The lowest BCUT2D eigenvalue weighted by Crippen LogP contribution is -2.37. The van der Waals surface area contributed by atoms with Crippen LogP contribution in [0, 0.1) is 0 Å². The lowest BCUT2D eigenvalue weighted by atomic mass is 10.4. The average molecular weight is 251 g/mol. The van der Waals surface area contributed by atoms with Crippen LogP contribution in [0.3, 0.4) is 0 Å². The van der Waals surface area contributed by atoms with Gasteiger partial charge in [-0.25, -0.2) is 4.98 Å². The molecule has 1 saturated heterocycles. The molecule has 0 atom stereocenters. The molecule has 1 aliphatic heterocycles. The van der Waals surface area contributed by atoms with Gasteiger partial charge in [-0.15, -0.1) is 0 Å². The van der Waals surface area contributed by atoms with Crippen LogP contribution in [0.4, 0.5) is 11.8 Å². The Hall–Kier alpha value is -1.40. The van der Waals surface area contributed by atoms with Crippen LogP contribution < -0.4 is 10.2 Å². The minimum atomic E-state index is 0.752. The van der Waals surface area contributed by atoms with E-state index in [0.717, 1.165) is 51.2 Å². The topological polar surface area (TPSA) is 53.5 Å². The highest BCUT2D eigenvalue weighted by Gasteiger charge is 2.13. The minimum Gasteiger partial charge on any atom is -0.378 e. The summed E-state index contributed by atoms with van der Waals surface area (Å²) in [4.78, 5) is 13.1. The molecule has 1 N–H and O–H groups in total. The zero-order chi connectivity index (χ0) is 12.8. The lowest BCUT2D eigenvalue weighted by molar-refractivity contribution is 0.122. The molecule has 1 aromatic heterocycles. The van der Waals surface area contributed by atoms with Gasteiger partial charge in [0.05, 0.1) is 13.2 Å². The van der Waals surface area contributed by atoms with E-state index in [1.165, 1.54) is 0 Å². The fourth-order valence-corrected chi connectivity index (χ4v) is 1.77. The normalized spacial score (nSPS) is 16.1. The summed E-state index contributed by atoms with van der Waals surface area (Å²) in [7, 11) is 4.11. The predicted octanol–water partition coefficient (Wildman–Crippen LogP) is 0.287. The van der Waals surface area contributed by atoms with Crippen molar-refractivity contribution in [3.63, 3.8) is 0 Å². The molecule has 1 fully saturated rings. The van der Waals surface area contributed by atoms with E-state index in [1.54, 1.807) is 6.20 Å². The summed E-state index contributed by atoms with van der Waals surface area (Å²) in [5.41, 5.74) is 0. The van der Waals surface area contributed by atoms with Crippen molar-refractivity contribution in [1.29, 1.82) is 0 Å². The second kappa shape index (κ2) is 6.51. The molecular formula is C12H21N5O. The fourth-order valence-electron chi connectivity index (χ4n) is 1.77. The number of rotatable bonds is 5. The smallest absolute Gasteiger partial charge is 0.227 e. The molecular weight excluding hydrogens is 230 g/mol. The largest absolute Gasteiger partial charge is 0.378 e. The van der Waals surface area contributed by atoms with Crippen LogP contribution in [0.1, 0.15) is 0 Å². The molecule has 0 radical (unpaired) electrons. The number of morpholine rings is 1. The van der Waals surface area contributed by atoms with Crippen molar-refractivity contribution in [1.82, 2.24) is 14.9 Å². The second-order valence-electron chi connectivity index (χ2n) is 4.57. The zero-order valence-corrected chi connectivity index (χ0v) is 11.1. The Kier molecular flexibility index (Phi) is 4.72. The van der Waals surface area contributed by atoms with Gasteiger partial charge in [0.15, 0.2) is 0 Å². The monoisotopic (exact) mass is 251 g/mol. The number of hydrogen-bond donors (Lipinski definition) is 1. The standard InChI is InChI=1S/C12H21N5O/c1-16(2)6-5-13-11-3-4-14-12(15-11)17-7-9-18-10-8-17/h3-4H,5-10H2,1-2H3,(H,13,14,15). The van der Waals surface area contributed by atoms with E-state index in [-0.39, 0.29) is 0 Å². The van der Waals surface area contributed by atoms with Gasteiger partial charge in [0.2, 0.25) is 5.95 Å². The third kappa shape index (κ3) is 3.82. The Morgan fingerprint density at radius 1 is 1.39 bits per heavy atom. The third-order valence-corrected chi connectivity index (χ3v) is 2.80. The van der Waals surface area contributed by atoms with Crippen molar-refractivity contribution in [2.24, 2.45) is 0 Å². The van der Waals surface area contributed by atoms with Gasteiger partial charge in [-0.2, -0.15) is 4.98 Å². The molecule has 2 rings (SSSR count). The molecule has 2 heterocycles. The van der Waals surface area contributed by atoms with Crippen LogP contribution in [0.15, 0.2) is 12.3 Å². The van der Waals surface area contributed by atoms with E-state index < -0.39 is 0 Å². The van der Waals surface area contributed by atoms with E-state index in [1.807, 2.05) is 6.07 Å². The molecule has 0 unspecified atom stereocenters. The van der Waals surface area contributed by atoms with Crippen molar-refractivity contribution < 1.29 is 4.74 Å². The molecule has 0 bridgehead atoms. The molecule has 1 aliphatic rings. The average Bonchev–Trinajstić information content (AvgIpc) is 2.40. The first-order valence-electron chi connectivity index (χ1n) is 6.30. The molecule has 6 heteroatoms. The number of nitrogens with zero attached hydrogens (tertiary/aromatic N) is 4. The quantitative estimate of drug-likeness (QED) is 0.811. The maximum atomic E-state index is 5.32. The van der Waals surface area contributed by atoms with Gasteiger partial charge in [-0.05, 0) is 20.2 Å². The summed E-state index contributed by atoms with van der Waals surface area (Å²) in [6.07, 6.45) is 1.80. The van der Waals surface area contributed by atoms with Crippen molar-refractivity contribution in [2.75, 3.05) is 63.7 Å². The van der Waals surface area contributed by atoms with Crippen LogP contribution in [-0.2, 0) is 4.74 Å². The Labute approximate surface area is 108 Å². The van der Waals surface area contributed by atoms with Gasteiger partial charge in [0.1, 0.15) is 5.82 Å². The van der Waals surface area contributed by atoms with Gasteiger partial charge in [0, 0.05) is 32.4 Å². The number of aromatic nitrogens is 2. The van der Waals surface area contributed by atoms with Crippen LogP contribution in [-0.4, -0.2) is 68.4 Å². The van der Waals surface area contributed by atoms with Crippen LogP contribution >= 0.6 is 0 Å². The first-order valence-corrected chi connectivity index (χ1v) is 6.30. The Balaban J connectivity index is 1.91. The number of ether oxygens (including phenoxy) is 1. The Morgan fingerprint density at radius 3 is 2.89 bits per heavy atom. The van der Waals surface area contributed by atoms with Crippen LogP contribution in [0.2, 0.25) is 0 Å². The SMILES string of the molecule is CN(C)CCNc1ccnc(N2CCOCC2)n1. The summed E-state index contributed by atoms with van der Waals surface area (Å²) in [6.45, 7) is 5.09. The number of hydrogen-bond acceptors (Lipinski definition) is 6. The van der Waals surface area contributed by atoms with Crippen molar-refractivity contribution in [3.8, 4) is 0 Å².